The second kappa shape index (κ2) is 8.09. The molecule has 1 saturated carbocycles. The summed E-state index contributed by atoms with van der Waals surface area (Å²) in [4.78, 5) is 14.5. The van der Waals surface area contributed by atoms with E-state index in [0.717, 1.165) is 44.5 Å². The molecule has 138 valence electrons. The molecular formula is C20H30N2O3. The predicted molar refractivity (Wildman–Crippen MR) is 97.9 cm³/mol. The van der Waals surface area contributed by atoms with Crippen LogP contribution < -0.4 is 10.1 Å². The van der Waals surface area contributed by atoms with Gasteiger partial charge in [0.2, 0.25) is 0 Å². The molecule has 25 heavy (non-hydrogen) atoms. The van der Waals surface area contributed by atoms with Gasteiger partial charge in [-0.2, -0.15) is 0 Å². The first-order chi connectivity index (χ1) is 12.2. The number of carbonyl (C=O) groups excluding carboxylic acids is 1. The summed E-state index contributed by atoms with van der Waals surface area (Å²) in [6.07, 6.45) is 6.33. The van der Waals surface area contributed by atoms with E-state index in [9.17, 15) is 4.79 Å². The second-order valence-corrected chi connectivity index (χ2v) is 7.46. The number of hydrogen-bond acceptors (Lipinski definition) is 3. The fraction of sp³-hybridized carbons (Fsp3) is 0.650. The van der Waals surface area contributed by atoms with E-state index in [4.69, 9.17) is 9.84 Å². The van der Waals surface area contributed by atoms with Crippen molar-refractivity contribution < 1.29 is 14.6 Å². The lowest BCUT2D eigenvalue weighted by atomic mass is 9.78. The van der Waals surface area contributed by atoms with Crippen LogP contribution in [0.3, 0.4) is 0 Å². The standard InChI is InChI=1S/C20H30N2O3/c1-25-18-7-3-2-6-17(18)20(10-4-5-11-20)15-21-19(24)22-12-8-16(14-22)9-13-23/h2-3,6-7,16,23H,4-5,8-15H2,1H3,(H,21,24)/t16-/m0/s1. The molecule has 1 aliphatic heterocycles. The van der Waals surface area contributed by atoms with Gasteiger partial charge in [-0.25, -0.2) is 4.79 Å². The van der Waals surface area contributed by atoms with Gasteiger partial charge in [0.25, 0.3) is 0 Å². The van der Waals surface area contributed by atoms with E-state index in [2.05, 4.69) is 17.4 Å². The lowest BCUT2D eigenvalue weighted by molar-refractivity contribution is 0.200. The SMILES string of the molecule is COc1ccccc1C1(CNC(=O)N2CC[C@@H](CCO)C2)CCCC1. The molecule has 3 rings (SSSR count). The van der Waals surface area contributed by atoms with Gasteiger partial charge in [0.1, 0.15) is 5.75 Å². The highest BCUT2D eigenvalue weighted by Crippen LogP contribution is 2.44. The molecule has 0 radical (unpaired) electrons. The summed E-state index contributed by atoms with van der Waals surface area (Å²) in [5, 5.41) is 12.3. The molecule has 1 aromatic rings. The van der Waals surface area contributed by atoms with Gasteiger partial charge in [0, 0.05) is 37.2 Å². The first kappa shape index (κ1) is 18.1. The first-order valence-corrected chi connectivity index (χ1v) is 9.46. The summed E-state index contributed by atoms with van der Waals surface area (Å²) in [5.74, 6) is 1.35. The van der Waals surface area contributed by atoms with Crippen molar-refractivity contribution >= 4 is 6.03 Å². The zero-order valence-corrected chi connectivity index (χ0v) is 15.2. The first-order valence-electron chi connectivity index (χ1n) is 9.46. The van der Waals surface area contributed by atoms with Crippen LogP contribution in [0.2, 0.25) is 0 Å². The maximum absolute atomic E-state index is 12.6. The summed E-state index contributed by atoms with van der Waals surface area (Å²) >= 11 is 0. The Balaban J connectivity index is 1.66. The Morgan fingerprint density at radius 3 is 2.84 bits per heavy atom. The molecule has 1 aromatic carbocycles. The molecular weight excluding hydrogens is 316 g/mol. The van der Waals surface area contributed by atoms with Crippen LogP contribution >= 0.6 is 0 Å². The molecule has 2 aliphatic rings. The molecule has 2 N–H and O–H groups in total. The van der Waals surface area contributed by atoms with Crippen LogP contribution in [-0.2, 0) is 5.41 Å². The highest BCUT2D eigenvalue weighted by molar-refractivity contribution is 5.74. The van der Waals surface area contributed by atoms with Crippen LogP contribution in [-0.4, -0.2) is 49.4 Å². The van der Waals surface area contributed by atoms with Gasteiger partial charge in [0.15, 0.2) is 0 Å². The molecule has 1 aliphatic carbocycles. The van der Waals surface area contributed by atoms with Crippen LogP contribution in [0.1, 0.15) is 44.1 Å². The van der Waals surface area contributed by atoms with Crippen molar-refractivity contribution in [2.45, 2.75) is 43.9 Å². The molecule has 1 saturated heterocycles. The number of nitrogens with zero attached hydrogens (tertiary/aromatic N) is 1. The third kappa shape index (κ3) is 3.92. The van der Waals surface area contributed by atoms with Crippen molar-refractivity contribution in [1.82, 2.24) is 10.2 Å². The molecule has 0 aromatic heterocycles. The van der Waals surface area contributed by atoms with E-state index >= 15 is 0 Å². The third-order valence-corrected chi connectivity index (χ3v) is 5.93. The zero-order chi connectivity index (χ0) is 17.7. The van der Waals surface area contributed by atoms with Gasteiger partial charge >= 0.3 is 6.03 Å². The van der Waals surface area contributed by atoms with Crippen molar-refractivity contribution in [3.8, 4) is 5.75 Å². The minimum Gasteiger partial charge on any atom is -0.496 e. The molecule has 0 spiro atoms. The van der Waals surface area contributed by atoms with E-state index in [0.29, 0.717) is 12.5 Å². The highest BCUT2D eigenvalue weighted by atomic mass is 16.5. The topological polar surface area (TPSA) is 61.8 Å². The van der Waals surface area contributed by atoms with Crippen LogP contribution in [0.4, 0.5) is 4.79 Å². The van der Waals surface area contributed by atoms with E-state index in [1.165, 1.54) is 18.4 Å². The number of hydrogen-bond donors (Lipinski definition) is 2. The largest absolute Gasteiger partial charge is 0.496 e. The summed E-state index contributed by atoms with van der Waals surface area (Å²) in [6, 6.07) is 8.23. The number of benzene rings is 1. The van der Waals surface area contributed by atoms with Crippen LogP contribution in [0.15, 0.2) is 24.3 Å². The van der Waals surface area contributed by atoms with Crippen molar-refractivity contribution in [2.24, 2.45) is 5.92 Å². The van der Waals surface area contributed by atoms with Crippen molar-refractivity contribution in [3.05, 3.63) is 29.8 Å². The van der Waals surface area contributed by atoms with Crippen LogP contribution in [0.25, 0.3) is 0 Å². The maximum Gasteiger partial charge on any atom is 0.317 e. The Morgan fingerprint density at radius 2 is 2.12 bits per heavy atom. The molecule has 0 unspecified atom stereocenters. The minimum atomic E-state index is -0.0213. The zero-order valence-electron chi connectivity index (χ0n) is 15.2. The Labute approximate surface area is 150 Å². The highest BCUT2D eigenvalue weighted by Gasteiger charge is 2.38. The Morgan fingerprint density at radius 1 is 1.36 bits per heavy atom. The number of ether oxygens (including phenoxy) is 1. The van der Waals surface area contributed by atoms with Gasteiger partial charge in [-0.1, -0.05) is 31.0 Å². The van der Waals surface area contributed by atoms with Crippen molar-refractivity contribution in [3.63, 3.8) is 0 Å². The predicted octanol–water partition coefficient (Wildman–Crippen LogP) is 2.92. The fourth-order valence-corrected chi connectivity index (χ4v) is 4.47. The monoisotopic (exact) mass is 346 g/mol. The van der Waals surface area contributed by atoms with E-state index in [1.54, 1.807) is 7.11 Å². The number of urea groups is 1. The third-order valence-electron chi connectivity index (χ3n) is 5.93. The molecule has 5 heteroatoms. The summed E-state index contributed by atoms with van der Waals surface area (Å²) in [6.45, 7) is 2.41. The lowest BCUT2D eigenvalue weighted by Gasteiger charge is -2.32. The number of carbonyl (C=O) groups is 1. The smallest absolute Gasteiger partial charge is 0.317 e. The van der Waals surface area contributed by atoms with Crippen LogP contribution in [0, 0.1) is 5.92 Å². The second-order valence-electron chi connectivity index (χ2n) is 7.46. The molecule has 1 heterocycles. The van der Waals surface area contributed by atoms with Gasteiger partial charge < -0.3 is 20.1 Å². The number of nitrogens with one attached hydrogen (secondary N) is 1. The number of aliphatic hydroxyl groups is 1. The minimum absolute atomic E-state index is 0.0213. The average molecular weight is 346 g/mol. The van der Waals surface area contributed by atoms with E-state index in [-0.39, 0.29) is 18.1 Å². The summed E-state index contributed by atoms with van der Waals surface area (Å²) < 4.78 is 5.58. The fourth-order valence-electron chi connectivity index (χ4n) is 4.47. The molecule has 2 fully saturated rings. The number of amides is 2. The van der Waals surface area contributed by atoms with Gasteiger partial charge in [-0.15, -0.1) is 0 Å². The van der Waals surface area contributed by atoms with Gasteiger partial charge in [-0.3, -0.25) is 0 Å². The van der Waals surface area contributed by atoms with Crippen molar-refractivity contribution in [1.29, 1.82) is 0 Å². The lowest BCUT2D eigenvalue weighted by Crippen LogP contribution is -2.45. The summed E-state index contributed by atoms with van der Waals surface area (Å²) in [5.41, 5.74) is 1.20. The number of methoxy groups -OCH3 is 1. The molecule has 0 bridgehead atoms. The number of likely N-dealkylation sites (tertiary alicyclic amines) is 1. The molecule has 2 amide bonds. The Bertz CT molecular complexity index is 584. The van der Waals surface area contributed by atoms with E-state index in [1.807, 2.05) is 17.0 Å². The maximum atomic E-state index is 12.6. The number of rotatable bonds is 6. The normalized spacial score (nSPS) is 22.2. The van der Waals surface area contributed by atoms with Crippen LogP contribution in [0.5, 0.6) is 5.75 Å². The summed E-state index contributed by atoms with van der Waals surface area (Å²) in [7, 11) is 1.71. The van der Waals surface area contributed by atoms with E-state index < -0.39 is 0 Å². The quantitative estimate of drug-likeness (QED) is 0.832. The van der Waals surface area contributed by atoms with Gasteiger partial charge in [-0.05, 0) is 37.7 Å². The Hall–Kier alpha value is -1.75. The van der Waals surface area contributed by atoms with Crippen molar-refractivity contribution in [2.75, 3.05) is 33.4 Å². The molecule has 5 nitrogen and oxygen atoms in total. The average Bonchev–Trinajstić information content (AvgIpc) is 3.30. The number of para-hydroxylation sites is 1. The molecule has 1 atom stereocenters. The number of aliphatic hydroxyl groups excluding tert-OH is 1. The van der Waals surface area contributed by atoms with Gasteiger partial charge in [0.05, 0.1) is 7.11 Å². The Kier molecular flexibility index (Phi) is 5.84.